The van der Waals surface area contributed by atoms with Crippen molar-refractivity contribution < 1.29 is 9.66 Å². The van der Waals surface area contributed by atoms with Crippen LogP contribution in [0.15, 0.2) is 36.4 Å². The molecule has 1 aliphatic rings. The summed E-state index contributed by atoms with van der Waals surface area (Å²) in [4.78, 5) is 12.9. The third kappa shape index (κ3) is 4.52. The monoisotopic (exact) mass is 375 g/mol. The molecule has 1 fully saturated rings. The largest absolute Gasteiger partial charge is 0.380 e. The number of hydrogen-bond donors (Lipinski definition) is 1. The van der Waals surface area contributed by atoms with E-state index in [1.165, 1.54) is 23.3 Å². The highest BCUT2D eigenvalue weighted by Gasteiger charge is 2.15. The van der Waals surface area contributed by atoms with Crippen LogP contribution < -0.4 is 5.32 Å². The zero-order chi connectivity index (χ0) is 18.5. The quantitative estimate of drug-likeness (QED) is 0.610. The highest BCUT2D eigenvalue weighted by molar-refractivity contribution is 6.33. The van der Waals surface area contributed by atoms with E-state index in [0.29, 0.717) is 11.6 Å². The fraction of sp³-hybridized carbons (Fsp3) is 0.368. The lowest BCUT2D eigenvalue weighted by molar-refractivity contribution is -0.384. The molecular formula is C19H22ClN3O3. The molecule has 1 aliphatic heterocycles. The average molecular weight is 376 g/mol. The van der Waals surface area contributed by atoms with E-state index < -0.39 is 4.92 Å². The lowest BCUT2D eigenvalue weighted by Gasteiger charge is -2.27. The second-order valence-corrected chi connectivity index (χ2v) is 6.79. The van der Waals surface area contributed by atoms with Crippen molar-refractivity contribution in [3.63, 3.8) is 0 Å². The lowest BCUT2D eigenvalue weighted by atomic mass is 10.1. The van der Waals surface area contributed by atoms with Crippen molar-refractivity contribution in [2.24, 2.45) is 0 Å². The predicted molar refractivity (Wildman–Crippen MR) is 103 cm³/mol. The Labute approximate surface area is 157 Å². The molecule has 2 aromatic rings. The Balaban J connectivity index is 1.73. The topological polar surface area (TPSA) is 67.6 Å². The van der Waals surface area contributed by atoms with E-state index >= 15 is 0 Å². The fourth-order valence-corrected chi connectivity index (χ4v) is 3.45. The number of rotatable bonds is 6. The van der Waals surface area contributed by atoms with E-state index in [1.807, 2.05) is 19.1 Å². The van der Waals surface area contributed by atoms with Crippen molar-refractivity contribution in [3.8, 4) is 0 Å². The number of aryl methyl sites for hydroxylation is 1. The Morgan fingerprint density at radius 1 is 1.23 bits per heavy atom. The van der Waals surface area contributed by atoms with Gasteiger partial charge in [-0.3, -0.25) is 15.0 Å². The van der Waals surface area contributed by atoms with Gasteiger partial charge in [0.2, 0.25) is 0 Å². The van der Waals surface area contributed by atoms with Gasteiger partial charge in [0, 0.05) is 38.3 Å². The molecule has 0 spiro atoms. The third-order valence-electron chi connectivity index (χ3n) is 4.55. The zero-order valence-electron chi connectivity index (χ0n) is 14.7. The van der Waals surface area contributed by atoms with Crippen LogP contribution in [0.1, 0.15) is 16.7 Å². The standard InChI is InChI=1S/C19H22ClN3O3/c1-14-10-17(23(24)25)11-18(20)19(14)21-12-15-4-2-3-5-16(15)13-22-6-8-26-9-7-22/h2-5,10-11,21H,6-9,12-13H2,1H3. The Bertz CT molecular complexity index is 768. The molecule has 1 N–H and O–H groups in total. The van der Waals surface area contributed by atoms with Gasteiger partial charge in [-0.1, -0.05) is 35.9 Å². The predicted octanol–water partition coefficient (Wildman–Crippen LogP) is 4.00. The highest BCUT2D eigenvalue weighted by atomic mass is 35.5. The number of ether oxygens (including phenoxy) is 1. The number of benzene rings is 2. The Hall–Kier alpha value is -2.15. The summed E-state index contributed by atoms with van der Waals surface area (Å²) in [5.74, 6) is 0. The van der Waals surface area contributed by atoms with Gasteiger partial charge in [0.1, 0.15) is 0 Å². The van der Waals surface area contributed by atoms with E-state index in [2.05, 4.69) is 22.3 Å². The van der Waals surface area contributed by atoms with Crippen LogP contribution in [0.4, 0.5) is 11.4 Å². The molecule has 1 heterocycles. The van der Waals surface area contributed by atoms with Crippen molar-refractivity contribution in [1.82, 2.24) is 4.90 Å². The molecule has 0 atom stereocenters. The maximum atomic E-state index is 10.9. The molecular weight excluding hydrogens is 354 g/mol. The summed E-state index contributed by atoms with van der Waals surface area (Å²) < 4.78 is 5.41. The number of non-ortho nitro benzene ring substituents is 1. The van der Waals surface area contributed by atoms with Crippen LogP contribution in [-0.4, -0.2) is 36.1 Å². The first-order chi connectivity index (χ1) is 12.5. The maximum Gasteiger partial charge on any atom is 0.271 e. The summed E-state index contributed by atoms with van der Waals surface area (Å²) >= 11 is 6.25. The molecule has 0 saturated carbocycles. The molecule has 26 heavy (non-hydrogen) atoms. The molecule has 6 nitrogen and oxygen atoms in total. The first-order valence-corrected chi connectivity index (χ1v) is 8.97. The molecule has 0 bridgehead atoms. The summed E-state index contributed by atoms with van der Waals surface area (Å²) in [6, 6.07) is 11.2. The highest BCUT2D eigenvalue weighted by Crippen LogP contribution is 2.31. The minimum atomic E-state index is -0.430. The number of hydrogen-bond acceptors (Lipinski definition) is 5. The number of nitrogens with zero attached hydrogens (tertiary/aromatic N) is 2. The maximum absolute atomic E-state index is 10.9. The van der Waals surface area contributed by atoms with E-state index in [9.17, 15) is 10.1 Å². The molecule has 138 valence electrons. The van der Waals surface area contributed by atoms with Gasteiger partial charge in [-0.2, -0.15) is 0 Å². The number of morpholine rings is 1. The summed E-state index contributed by atoms with van der Waals surface area (Å²) in [7, 11) is 0. The van der Waals surface area contributed by atoms with Crippen molar-refractivity contribution in [1.29, 1.82) is 0 Å². The molecule has 3 rings (SSSR count). The van der Waals surface area contributed by atoms with Crippen molar-refractivity contribution in [2.45, 2.75) is 20.0 Å². The number of anilines is 1. The van der Waals surface area contributed by atoms with Gasteiger partial charge in [-0.25, -0.2) is 0 Å². The van der Waals surface area contributed by atoms with Crippen molar-refractivity contribution in [2.75, 3.05) is 31.6 Å². The van der Waals surface area contributed by atoms with Crippen LogP contribution in [0, 0.1) is 17.0 Å². The van der Waals surface area contributed by atoms with E-state index in [-0.39, 0.29) is 5.69 Å². The number of nitro benzene ring substituents is 1. The lowest BCUT2D eigenvalue weighted by Crippen LogP contribution is -2.35. The third-order valence-corrected chi connectivity index (χ3v) is 4.85. The van der Waals surface area contributed by atoms with Crippen LogP contribution >= 0.6 is 11.6 Å². The van der Waals surface area contributed by atoms with E-state index in [4.69, 9.17) is 16.3 Å². The Kier molecular flexibility index (Phi) is 6.08. The van der Waals surface area contributed by atoms with E-state index in [1.54, 1.807) is 0 Å². The van der Waals surface area contributed by atoms with Crippen LogP contribution in [0.25, 0.3) is 0 Å². The van der Waals surface area contributed by atoms with Crippen LogP contribution in [0.5, 0.6) is 0 Å². The summed E-state index contributed by atoms with van der Waals surface area (Å²) in [5.41, 5.74) is 3.95. The number of nitrogens with one attached hydrogen (secondary N) is 1. The molecule has 0 radical (unpaired) electrons. The number of nitro groups is 1. The molecule has 1 saturated heterocycles. The van der Waals surface area contributed by atoms with Crippen LogP contribution in [0.3, 0.4) is 0 Å². The summed E-state index contributed by atoms with van der Waals surface area (Å²) in [5, 5.41) is 14.6. The molecule has 0 aromatic heterocycles. The van der Waals surface area contributed by atoms with Crippen LogP contribution in [-0.2, 0) is 17.8 Å². The zero-order valence-corrected chi connectivity index (χ0v) is 15.5. The van der Waals surface area contributed by atoms with E-state index in [0.717, 1.165) is 44.1 Å². The molecule has 7 heteroatoms. The summed E-state index contributed by atoms with van der Waals surface area (Å²) in [6.45, 7) is 6.74. The first-order valence-electron chi connectivity index (χ1n) is 8.60. The number of halogens is 1. The van der Waals surface area contributed by atoms with Gasteiger partial charge in [0.05, 0.1) is 28.8 Å². The van der Waals surface area contributed by atoms with Gasteiger partial charge in [0.15, 0.2) is 0 Å². The Morgan fingerprint density at radius 3 is 2.58 bits per heavy atom. The SMILES string of the molecule is Cc1cc([N+](=O)[O-])cc(Cl)c1NCc1ccccc1CN1CCOCC1. The molecule has 0 aliphatic carbocycles. The minimum Gasteiger partial charge on any atom is -0.380 e. The van der Waals surface area contributed by atoms with Gasteiger partial charge >= 0.3 is 0 Å². The Morgan fingerprint density at radius 2 is 1.92 bits per heavy atom. The second kappa shape index (κ2) is 8.49. The molecule has 2 aromatic carbocycles. The van der Waals surface area contributed by atoms with Crippen molar-refractivity contribution in [3.05, 3.63) is 68.2 Å². The normalized spacial score (nSPS) is 15.0. The second-order valence-electron chi connectivity index (χ2n) is 6.39. The van der Waals surface area contributed by atoms with Gasteiger partial charge in [-0.05, 0) is 23.6 Å². The summed E-state index contributed by atoms with van der Waals surface area (Å²) in [6.07, 6.45) is 0. The fourth-order valence-electron chi connectivity index (χ4n) is 3.12. The van der Waals surface area contributed by atoms with Crippen molar-refractivity contribution >= 4 is 23.0 Å². The first kappa shape index (κ1) is 18.6. The minimum absolute atomic E-state index is 0.00534. The smallest absolute Gasteiger partial charge is 0.271 e. The molecule has 0 amide bonds. The van der Waals surface area contributed by atoms with Gasteiger partial charge in [0.25, 0.3) is 5.69 Å². The van der Waals surface area contributed by atoms with Crippen LogP contribution in [0.2, 0.25) is 5.02 Å². The molecule has 0 unspecified atom stereocenters. The van der Waals surface area contributed by atoms with Gasteiger partial charge < -0.3 is 10.1 Å². The van der Waals surface area contributed by atoms with Gasteiger partial charge in [-0.15, -0.1) is 0 Å². The average Bonchev–Trinajstić information content (AvgIpc) is 2.63.